The summed E-state index contributed by atoms with van der Waals surface area (Å²) in [5, 5.41) is 13.3. The van der Waals surface area contributed by atoms with Crippen LogP contribution < -0.4 is 0 Å². The zero-order valence-corrected chi connectivity index (χ0v) is 13.8. The largest absolute Gasteiger partial charge is 0.444 e. The third-order valence-corrected chi connectivity index (χ3v) is 3.70. The zero-order chi connectivity index (χ0) is 16.2. The second-order valence-corrected chi connectivity index (χ2v) is 6.88. The zero-order valence-electron chi connectivity index (χ0n) is 13.8. The Hall–Kier alpha value is -1.56. The summed E-state index contributed by atoms with van der Waals surface area (Å²) < 4.78 is 7.40. The van der Waals surface area contributed by atoms with Gasteiger partial charge in [-0.1, -0.05) is 0 Å². The Balaban J connectivity index is 1.95. The van der Waals surface area contributed by atoms with E-state index in [-0.39, 0.29) is 18.7 Å². The lowest BCUT2D eigenvalue weighted by molar-refractivity contribution is 0.0167. The Morgan fingerprint density at radius 3 is 2.95 bits per heavy atom. The first-order valence-electron chi connectivity index (χ1n) is 8.01. The van der Waals surface area contributed by atoms with Gasteiger partial charge in [0.2, 0.25) is 0 Å². The van der Waals surface area contributed by atoms with Crippen molar-refractivity contribution in [1.82, 2.24) is 14.7 Å². The van der Waals surface area contributed by atoms with Gasteiger partial charge in [-0.2, -0.15) is 5.10 Å². The summed E-state index contributed by atoms with van der Waals surface area (Å²) >= 11 is 0. The highest BCUT2D eigenvalue weighted by Crippen LogP contribution is 2.23. The highest BCUT2D eigenvalue weighted by molar-refractivity contribution is 5.68. The lowest BCUT2D eigenvalue weighted by Crippen LogP contribution is -2.43. The molecular formula is C16H27N3O3. The van der Waals surface area contributed by atoms with Crippen LogP contribution in [-0.4, -0.2) is 51.2 Å². The standard InChI is InChI=1S/C16H27N3O3/c1-16(2,3)22-15(21)18-8-4-7-14(12-18)19-11-13(10-17-19)6-5-9-20/h10-11,14,20H,4-9,12H2,1-3H3. The van der Waals surface area contributed by atoms with Crippen LogP contribution in [0.1, 0.15) is 51.6 Å². The molecule has 1 unspecified atom stereocenters. The van der Waals surface area contributed by atoms with E-state index in [4.69, 9.17) is 9.84 Å². The summed E-state index contributed by atoms with van der Waals surface area (Å²) in [7, 11) is 0. The number of ether oxygens (including phenoxy) is 1. The minimum atomic E-state index is -0.465. The van der Waals surface area contributed by atoms with Crippen LogP contribution >= 0.6 is 0 Å². The summed E-state index contributed by atoms with van der Waals surface area (Å²) in [6.07, 6.45) is 7.18. The van der Waals surface area contributed by atoms with Crippen molar-refractivity contribution in [2.24, 2.45) is 0 Å². The van der Waals surface area contributed by atoms with Crippen LogP contribution in [0.15, 0.2) is 12.4 Å². The summed E-state index contributed by atoms with van der Waals surface area (Å²) in [5.41, 5.74) is 0.663. The molecule has 1 fully saturated rings. The molecule has 1 aromatic rings. The Bertz CT molecular complexity index is 493. The molecule has 0 spiro atoms. The van der Waals surface area contributed by atoms with Crippen molar-refractivity contribution in [2.45, 2.75) is 58.1 Å². The maximum absolute atomic E-state index is 12.2. The van der Waals surface area contributed by atoms with Gasteiger partial charge in [0.25, 0.3) is 0 Å². The normalized spacial score (nSPS) is 19.3. The predicted molar refractivity (Wildman–Crippen MR) is 83.7 cm³/mol. The fourth-order valence-corrected chi connectivity index (χ4v) is 2.65. The van der Waals surface area contributed by atoms with E-state index in [1.165, 1.54) is 0 Å². The Morgan fingerprint density at radius 1 is 1.50 bits per heavy atom. The van der Waals surface area contributed by atoms with Crippen molar-refractivity contribution in [3.63, 3.8) is 0 Å². The minimum absolute atomic E-state index is 0.195. The van der Waals surface area contributed by atoms with Crippen molar-refractivity contribution in [1.29, 1.82) is 0 Å². The number of likely N-dealkylation sites (tertiary alicyclic amines) is 1. The maximum atomic E-state index is 12.2. The smallest absolute Gasteiger partial charge is 0.410 e. The molecular weight excluding hydrogens is 282 g/mol. The van der Waals surface area contributed by atoms with E-state index in [0.717, 1.165) is 37.8 Å². The van der Waals surface area contributed by atoms with Crippen LogP contribution in [0.4, 0.5) is 4.79 Å². The highest BCUT2D eigenvalue weighted by atomic mass is 16.6. The molecule has 1 atom stereocenters. The number of carbonyl (C=O) groups is 1. The minimum Gasteiger partial charge on any atom is -0.444 e. The third-order valence-electron chi connectivity index (χ3n) is 3.70. The van der Waals surface area contributed by atoms with E-state index in [9.17, 15) is 4.79 Å². The average molecular weight is 309 g/mol. The molecule has 0 aliphatic carbocycles. The molecule has 6 heteroatoms. The molecule has 6 nitrogen and oxygen atoms in total. The molecule has 22 heavy (non-hydrogen) atoms. The Kier molecular flexibility index (Phi) is 5.45. The van der Waals surface area contributed by atoms with Gasteiger partial charge in [0.15, 0.2) is 0 Å². The third kappa shape index (κ3) is 4.73. The van der Waals surface area contributed by atoms with Gasteiger partial charge in [-0.15, -0.1) is 0 Å². The van der Waals surface area contributed by atoms with Gasteiger partial charge in [0, 0.05) is 25.9 Å². The molecule has 1 N–H and O–H groups in total. The molecule has 1 aliphatic heterocycles. The topological polar surface area (TPSA) is 67.6 Å². The van der Waals surface area contributed by atoms with Crippen molar-refractivity contribution in [3.05, 3.63) is 18.0 Å². The van der Waals surface area contributed by atoms with Gasteiger partial charge < -0.3 is 14.7 Å². The van der Waals surface area contributed by atoms with Crippen molar-refractivity contribution < 1.29 is 14.6 Å². The Morgan fingerprint density at radius 2 is 2.27 bits per heavy atom. The summed E-state index contributed by atoms with van der Waals surface area (Å²) in [6.45, 7) is 7.22. The highest BCUT2D eigenvalue weighted by Gasteiger charge is 2.28. The first-order chi connectivity index (χ1) is 10.4. The number of amides is 1. The number of aromatic nitrogens is 2. The molecule has 1 saturated heterocycles. The van der Waals surface area contributed by atoms with Gasteiger partial charge >= 0.3 is 6.09 Å². The molecule has 1 amide bonds. The first kappa shape index (κ1) is 16.8. The number of hydrogen-bond donors (Lipinski definition) is 1. The lowest BCUT2D eigenvalue weighted by Gasteiger charge is -2.34. The van der Waals surface area contributed by atoms with Gasteiger partial charge in [-0.25, -0.2) is 4.79 Å². The number of carbonyl (C=O) groups excluding carboxylic acids is 1. The van der Waals surface area contributed by atoms with E-state index in [1.807, 2.05) is 37.8 Å². The number of aliphatic hydroxyl groups is 1. The van der Waals surface area contributed by atoms with E-state index in [0.29, 0.717) is 6.54 Å². The molecule has 0 bridgehead atoms. The summed E-state index contributed by atoms with van der Waals surface area (Å²) in [4.78, 5) is 14.0. The van der Waals surface area contributed by atoms with E-state index in [2.05, 4.69) is 5.10 Å². The molecule has 2 rings (SSSR count). The number of nitrogens with zero attached hydrogens (tertiary/aromatic N) is 3. The van der Waals surface area contributed by atoms with Gasteiger partial charge in [-0.3, -0.25) is 4.68 Å². The lowest BCUT2D eigenvalue weighted by atomic mass is 10.1. The Labute approximate surface area is 132 Å². The number of hydrogen-bond acceptors (Lipinski definition) is 4. The van der Waals surface area contributed by atoms with Gasteiger partial charge in [0.05, 0.1) is 12.2 Å². The number of aryl methyl sites for hydroxylation is 1. The fourth-order valence-electron chi connectivity index (χ4n) is 2.65. The average Bonchev–Trinajstić information content (AvgIpc) is 2.92. The molecule has 1 aliphatic rings. The summed E-state index contributed by atoms with van der Waals surface area (Å²) in [6, 6.07) is 0.198. The predicted octanol–water partition coefficient (Wildman–Crippen LogP) is 2.38. The summed E-state index contributed by atoms with van der Waals surface area (Å²) in [5.74, 6) is 0. The van der Waals surface area contributed by atoms with E-state index in [1.54, 1.807) is 4.90 Å². The first-order valence-corrected chi connectivity index (χ1v) is 8.01. The molecule has 124 valence electrons. The van der Waals surface area contributed by atoms with E-state index < -0.39 is 5.60 Å². The van der Waals surface area contributed by atoms with Gasteiger partial charge in [-0.05, 0) is 52.0 Å². The number of piperidine rings is 1. The monoisotopic (exact) mass is 309 g/mol. The van der Waals surface area contributed by atoms with Crippen LogP contribution in [-0.2, 0) is 11.2 Å². The molecule has 1 aromatic heterocycles. The number of aliphatic hydroxyl groups excluding tert-OH is 1. The van der Waals surface area contributed by atoms with Crippen molar-refractivity contribution >= 4 is 6.09 Å². The van der Waals surface area contributed by atoms with Crippen LogP contribution in [0, 0.1) is 0 Å². The maximum Gasteiger partial charge on any atom is 0.410 e. The van der Waals surface area contributed by atoms with Gasteiger partial charge in [0.1, 0.15) is 5.60 Å². The van der Waals surface area contributed by atoms with Crippen LogP contribution in [0.5, 0.6) is 0 Å². The second-order valence-electron chi connectivity index (χ2n) is 6.88. The van der Waals surface area contributed by atoms with Crippen LogP contribution in [0.3, 0.4) is 0 Å². The SMILES string of the molecule is CC(C)(C)OC(=O)N1CCCC(n2cc(CCCO)cn2)C1. The molecule has 0 radical (unpaired) electrons. The molecule has 2 heterocycles. The van der Waals surface area contributed by atoms with Crippen molar-refractivity contribution in [3.8, 4) is 0 Å². The second kappa shape index (κ2) is 7.13. The number of rotatable bonds is 4. The van der Waals surface area contributed by atoms with E-state index >= 15 is 0 Å². The van der Waals surface area contributed by atoms with Crippen molar-refractivity contribution in [2.75, 3.05) is 19.7 Å². The molecule has 0 aromatic carbocycles. The fraction of sp³-hybridized carbons (Fsp3) is 0.750. The quantitative estimate of drug-likeness (QED) is 0.927. The molecule has 0 saturated carbocycles. The van der Waals surface area contributed by atoms with Crippen LogP contribution in [0.2, 0.25) is 0 Å². The van der Waals surface area contributed by atoms with Crippen LogP contribution in [0.25, 0.3) is 0 Å².